The normalized spacial score (nSPS) is 14.7. The largest absolute Gasteiger partial charge is 0.493 e. The predicted molar refractivity (Wildman–Crippen MR) is 156 cm³/mol. The first-order valence-corrected chi connectivity index (χ1v) is 13.8. The number of thiocarbonyl (C=S) groups is 1. The van der Waals surface area contributed by atoms with E-state index in [0.29, 0.717) is 37.4 Å². The maximum Gasteiger partial charge on any atom is 0.308 e. The lowest BCUT2D eigenvalue weighted by Gasteiger charge is -2.36. The number of nitrogens with zero attached hydrogens (tertiary/aromatic N) is 1. The van der Waals surface area contributed by atoms with E-state index < -0.39 is 17.9 Å². The van der Waals surface area contributed by atoms with Crippen LogP contribution in [0.3, 0.4) is 0 Å². The number of nitrogens with one attached hydrogen (secondary N) is 2. The molecule has 1 unspecified atom stereocenters. The zero-order valence-corrected chi connectivity index (χ0v) is 23.0. The Balaban J connectivity index is 1.24. The zero-order chi connectivity index (χ0) is 28.2. The minimum atomic E-state index is -0.858. The molecule has 0 spiro atoms. The molecule has 40 heavy (non-hydrogen) atoms. The molecule has 3 aromatic rings. The van der Waals surface area contributed by atoms with Crippen molar-refractivity contribution in [3.05, 3.63) is 102 Å². The minimum absolute atomic E-state index is 0.0879. The van der Waals surface area contributed by atoms with Gasteiger partial charge in [0.15, 0.2) is 5.11 Å². The summed E-state index contributed by atoms with van der Waals surface area (Å²) in [6.07, 6.45) is 2.09. The molecular formula is C31H33N3O5S. The molecule has 0 aliphatic carbocycles. The van der Waals surface area contributed by atoms with Crippen molar-refractivity contribution in [2.24, 2.45) is 0 Å². The quantitative estimate of drug-likeness (QED) is 0.210. The summed E-state index contributed by atoms with van der Waals surface area (Å²) in [7, 11) is 0. The molecule has 4 rings (SSSR count). The second kappa shape index (κ2) is 14.8. The highest BCUT2D eigenvalue weighted by atomic mass is 32.1. The first kappa shape index (κ1) is 28.8. The Hall–Kier alpha value is -4.24. The Morgan fingerprint density at radius 1 is 0.900 bits per heavy atom. The maximum absolute atomic E-state index is 12.9. The van der Waals surface area contributed by atoms with E-state index in [2.05, 4.69) is 10.6 Å². The van der Waals surface area contributed by atoms with Gasteiger partial charge < -0.3 is 19.7 Å². The minimum Gasteiger partial charge on any atom is -0.493 e. The highest BCUT2D eigenvalue weighted by Crippen LogP contribution is 2.15. The van der Waals surface area contributed by atoms with Crippen molar-refractivity contribution in [1.82, 2.24) is 15.5 Å². The van der Waals surface area contributed by atoms with E-state index in [9.17, 15) is 14.4 Å². The molecule has 1 atom stereocenters. The third-order valence-corrected chi connectivity index (χ3v) is 6.84. The summed E-state index contributed by atoms with van der Waals surface area (Å²) in [6.45, 7) is 1.50. The van der Waals surface area contributed by atoms with Crippen molar-refractivity contribution in [3.8, 4) is 5.75 Å². The summed E-state index contributed by atoms with van der Waals surface area (Å²) < 4.78 is 11.2. The summed E-state index contributed by atoms with van der Waals surface area (Å²) in [6, 6.07) is 25.9. The molecule has 0 saturated carbocycles. The van der Waals surface area contributed by atoms with Crippen molar-refractivity contribution in [2.75, 3.05) is 26.3 Å². The zero-order valence-electron chi connectivity index (χ0n) is 22.2. The molecule has 2 amide bonds. The van der Waals surface area contributed by atoms with Crippen LogP contribution in [-0.2, 0) is 27.2 Å². The van der Waals surface area contributed by atoms with Crippen LogP contribution in [0.5, 0.6) is 5.75 Å². The number of ether oxygens (including phenoxy) is 2. The lowest BCUT2D eigenvalue weighted by molar-refractivity contribution is -0.147. The first-order chi connectivity index (χ1) is 19.5. The van der Waals surface area contributed by atoms with Crippen LogP contribution in [0.1, 0.15) is 34.3 Å². The molecule has 1 aliphatic rings. The van der Waals surface area contributed by atoms with Crippen LogP contribution in [0, 0.1) is 0 Å². The average molecular weight is 560 g/mol. The van der Waals surface area contributed by atoms with Gasteiger partial charge >= 0.3 is 5.97 Å². The third kappa shape index (κ3) is 8.64. The van der Waals surface area contributed by atoms with E-state index in [4.69, 9.17) is 21.7 Å². The number of aryl methyl sites for hydroxylation is 1. The van der Waals surface area contributed by atoms with Crippen molar-refractivity contribution in [3.63, 3.8) is 0 Å². The van der Waals surface area contributed by atoms with E-state index in [-0.39, 0.29) is 24.0 Å². The summed E-state index contributed by atoms with van der Waals surface area (Å²) in [5, 5.41) is 5.53. The number of rotatable bonds is 11. The van der Waals surface area contributed by atoms with E-state index in [1.165, 1.54) is 11.1 Å². The van der Waals surface area contributed by atoms with Gasteiger partial charge in [0.05, 0.1) is 19.6 Å². The van der Waals surface area contributed by atoms with Crippen LogP contribution >= 0.6 is 12.2 Å². The van der Waals surface area contributed by atoms with Gasteiger partial charge in [-0.15, -0.1) is 0 Å². The highest BCUT2D eigenvalue weighted by Gasteiger charge is 2.34. The lowest BCUT2D eigenvalue weighted by Crippen LogP contribution is -2.60. The Morgan fingerprint density at radius 2 is 1.55 bits per heavy atom. The molecule has 1 heterocycles. The van der Waals surface area contributed by atoms with Gasteiger partial charge in [0.1, 0.15) is 11.8 Å². The molecule has 208 valence electrons. The number of piperazine rings is 1. The van der Waals surface area contributed by atoms with Gasteiger partial charge in [0.25, 0.3) is 5.91 Å². The van der Waals surface area contributed by atoms with Gasteiger partial charge in [-0.05, 0) is 60.5 Å². The van der Waals surface area contributed by atoms with Crippen LogP contribution in [0.25, 0.3) is 0 Å². The Kier molecular flexibility index (Phi) is 10.6. The van der Waals surface area contributed by atoms with Crippen LogP contribution < -0.4 is 15.4 Å². The molecule has 0 aromatic heterocycles. The van der Waals surface area contributed by atoms with Crippen LogP contribution in [0.2, 0.25) is 0 Å². The van der Waals surface area contributed by atoms with E-state index in [1.54, 1.807) is 29.2 Å². The smallest absolute Gasteiger partial charge is 0.308 e. The van der Waals surface area contributed by atoms with Crippen molar-refractivity contribution >= 4 is 35.1 Å². The second-order valence-electron chi connectivity index (χ2n) is 9.38. The SMILES string of the molecule is O=C(CC1C(=O)NCCN1C(=S)NC(=O)c1ccc(OCCc2ccccc2)cc1)OCCCc1ccccc1. The van der Waals surface area contributed by atoms with Gasteiger partial charge in [0.2, 0.25) is 5.91 Å². The number of benzene rings is 3. The fourth-order valence-corrected chi connectivity index (χ4v) is 4.67. The molecular weight excluding hydrogens is 526 g/mol. The number of hydrogen-bond acceptors (Lipinski definition) is 6. The molecule has 0 bridgehead atoms. The van der Waals surface area contributed by atoms with Crippen LogP contribution in [0.15, 0.2) is 84.9 Å². The number of amides is 2. The van der Waals surface area contributed by atoms with Crippen LogP contribution in [0.4, 0.5) is 0 Å². The third-order valence-electron chi connectivity index (χ3n) is 6.51. The highest BCUT2D eigenvalue weighted by molar-refractivity contribution is 7.80. The predicted octanol–water partition coefficient (Wildman–Crippen LogP) is 3.69. The van der Waals surface area contributed by atoms with Gasteiger partial charge in [0, 0.05) is 25.1 Å². The van der Waals surface area contributed by atoms with E-state index >= 15 is 0 Å². The molecule has 3 aromatic carbocycles. The number of carbonyl (C=O) groups excluding carboxylic acids is 3. The van der Waals surface area contributed by atoms with Gasteiger partial charge in [-0.2, -0.15) is 0 Å². The van der Waals surface area contributed by atoms with Crippen molar-refractivity contribution < 1.29 is 23.9 Å². The standard InChI is InChI=1S/C31H33N3O5S/c35-28(39-20-7-12-23-8-3-1-4-9-23)22-27-30(37)32-18-19-34(27)31(40)33-29(36)25-13-15-26(16-14-25)38-21-17-24-10-5-2-6-11-24/h1-6,8-11,13-16,27H,7,12,17-22H2,(H,32,37)(H,33,36,40). The average Bonchev–Trinajstić information content (AvgIpc) is 2.98. The number of carbonyl (C=O) groups is 3. The summed E-state index contributed by atoms with van der Waals surface area (Å²) >= 11 is 5.46. The van der Waals surface area contributed by atoms with Gasteiger partial charge in [-0.25, -0.2) is 0 Å². The van der Waals surface area contributed by atoms with Crippen molar-refractivity contribution in [2.45, 2.75) is 31.7 Å². The molecule has 1 fully saturated rings. The summed E-state index contributed by atoms with van der Waals surface area (Å²) in [5.74, 6) is -0.572. The molecule has 9 heteroatoms. The van der Waals surface area contributed by atoms with Gasteiger partial charge in [-0.3, -0.25) is 19.7 Å². The number of esters is 1. The number of hydrogen-bond donors (Lipinski definition) is 2. The topological polar surface area (TPSA) is 97.0 Å². The first-order valence-electron chi connectivity index (χ1n) is 13.4. The Labute approximate surface area is 239 Å². The molecule has 1 saturated heterocycles. The maximum atomic E-state index is 12.9. The fourth-order valence-electron chi connectivity index (χ4n) is 4.36. The van der Waals surface area contributed by atoms with Crippen molar-refractivity contribution in [1.29, 1.82) is 0 Å². The monoisotopic (exact) mass is 559 g/mol. The molecule has 0 radical (unpaired) electrons. The Bertz CT molecular complexity index is 1290. The summed E-state index contributed by atoms with van der Waals surface area (Å²) in [5.41, 5.74) is 2.75. The lowest BCUT2D eigenvalue weighted by atomic mass is 10.1. The Morgan fingerprint density at radius 3 is 2.23 bits per heavy atom. The fraction of sp³-hybridized carbons (Fsp3) is 0.290. The second-order valence-corrected chi connectivity index (χ2v) is 9.77. The molecule has 8 nitrogen and oxygen atoms in total. The molecule has 2 N–H and O–H groups in total. The molecule has 1 aliphatic heterocycles. The van der Waals surface area contributed by atoms with E-state index in [0.717, 1.165) is 12.8 Å². The summed E-state index contributed by atoms with van der Waals surface area (Å²) in [4.78, 5) is 39.5. The van der Waals surface area contributed by atoms with Gasteiger partial charge in [-0.1, -0.05) is 60.7 Å². The van der Waals surface area contributed by atoms with E-state index in [1.807, 2.05) is 60.7 Å². The van der Waals surface area contributed by atoms with Crippen LogP contribution in [-0.4, -0.2) is 60.1 Å².